The average molecular weight is 225 g/mol. The Kier molecular flexibility index (Phi) is 3.91. The third-order valence-electron chi connectivity index (χ3n) is 4.75. The molecule has 1 N–H and O–H groups in total. The smallest absolute Gasteiger partial charge is 0.0779 e. The highest BCUT2D eigenvalue weighted by Crippen LogP contribution is 2.30. The first-order valence-corrected chi connectivity index (χ1v) is 6.98. The number of hydrogen-bond acceptors (Lipinski definition) is 2. The van der Waals surface area contributed by atoms with Crippen LogP contribution in [0.3, 0.4) is 0 Å². The number of hydrogen-bond donors (Lipinski definition) is 1. The first-order valence-electron chi connectivity index (χ1n) is 6.98. The van der Waals surface area contributed by atoms with Gasteiger partial charge >= 0.3 is 0 Å². The summed E-state index contributed by atoms with van der Waals surface area (Å²) >= 11 is 0. The molecule has 0 bridgehead atoms. The van der Waals surface area contributed by atoms with Gasteiger partial charge in [-0.2, -0.15) is 0 Å². The highest BCUT2D eigenvalue weighted by Gasteiger charge is 2.32. The van der Waals surface area contributed by atoms with Gasteiger partial charge in [-0.1, -0.05) is 26.7 Å². The molecule has 0 spiro atoms. The fourth-order valence-electron chi connectivity index (χ4n) is 3.19. The van der Waals surface area contributed by atoms with E-state index in [1.54, 1.807) is 0 Å². The molecule has 1 aliphatic carbocycles. The van der Waals surface area contributed by atoms with Gasteiger partial charge in [0.15, 0.2) is 0 Å². The van der Waals surface area contributed by atoms with Gasteiger partial charge in [-0.15, -0.1) is 0 Å². The second kappa shape index (κ2) is 5.05. The van der Waals surface area contributed by atoms with Crippen molar-refractivity contribution < 1.29 is 4.74 Å². The zero-order valence-electron chi connectivity index (χ0n) is 11.1. The van der Waals surface area contributed by atoms with Crippen molar-refractivity contribution >= 4 is 0 Å². The Balaban J connectivity index is 1.80. The van der Waals surface area contributed by atoms with Gasteiger partial charge in [0.2, 0.25) is 0 Å². The van der Waals surface area contributed by atoms with Crippen LogP contribution in [0.1, 0.15) is 52.9 Å². The van der Waals surface area contributed by atoms with Crippen LogP contribution in [0.4, 0.5) is 0 Å². The van der Waals surface area contributed by atoms with Crippen LogP contribution in [0.5, 0.6) is 0 Å². The normalized spacial score (nSPS) is 44.8. The van der Waals surface area contributed by atoms with Crippen LogP contribution in [0.25, 0.3) is 0 Å². The second-order valence-electron chi connectivity index (χ2n) is 6.16. The second-order valence-corrected chi connectivity index (χ2v) is 6.16. The molecule has 94 valence electrons. The molecule has 16 heavy (non-hydrogen) atoms. The Hall–Kier alpha value is -0.0800. The molecule has 2 heteroatoms. The number of nitrogens with one attached hydrogen (secondary N) is 1. The highest BCUT2D eigenvalue weighted by atomic mass is 16.5. The van der Waals surface area contributed by atoms with E-state index >= 15 is 0 Å². The van der Waals surface area contributed by atoms with Crippen LogP contribution in [-0.4, -0.2) is 24.8 Å². The molecule has 2 nitrogen and oxygen atoms in total. The Morgan fingerprint density at radius 3 is 2.75 bits per heavy atom. The molecule has 1 saturated carbocycles. The van der Waals surface area contributed by atoms with Gasteiger partial charge in [-0.05, 0) is 38.0 Å². The van der Waals surface area contributed by atoms with Crippen LogP contribution in [0.2, 0.25) is 0 Å². The van der Waals surface area contributed by atoms with Crippen LogP contribution < -0.4 is 5.32 Å². The third kappa shape index (κ3) is 2.78. The molecular formula is C14H27NO. The van der Waals surface area contributed by atoms with Crippen molar-refractivity contribution in [2.24, 2.45) is 11.8 Å². The van der Waals surface area contributed by atoms with Crippen LogP contribution in [0.15, 0.2) is 0 Å². The highest BCUT2D eigenvalue weighted by molar-refractivity contribution is 4.88. The van der Waals surface area contributed by atoms with Crippen LogP contribution in [-0.2, 0) is 4.74 Å². The molecule has 1 aliphatic heterocycles. The molecule has 4 unspecified atom stereocenters. The zero-order chi connectivity index (χ0) is 11.6. The predicted molar refractivity (Wildman–Crippen MR) is 67.6 cm³/mol. The van der Waals surface area contributed by atoms with E-state index in [0.29, 0.717) is 6.04 Å². The maximum Gasteiger partial charge on any atom is 0.0779 e. The lowest BCUT2D eigenvalue weighted by Gasteiger charge is -2.37. The van der Waals surface area contributed by atoms with E-state index in [4.69, 9.17) is 4.74 Å². The van der Waals surface area contributed by atoms with Gasteiger partial charge in [0.05, 0.1) is 5.60 Å². The van der Waals surface area contributed by atoms with E-state index < -0.39 is 0 Å². The minimum Gasteiger partial charge on any atom is -0.374 e. The van der Waals surface area contributed by atoms with Gasteiger partial charge in [0.1, 0.15) is 0 Å². The summed E-state index contributed by atoms with van der Waals surface area (Å²) in [5.74, 6) is 1.70. The summed E-state index contributed by atoms with van der Waals surface area (Å²) in [5.41, 5.74) is 0.112. The largest absolute Gasteiger partial charge is 0.374 e. The summed E-state index contributed by atoms with van der Waals surface area (Å²) in [6.07, 6.45) is 6.60. The fourth-order valence-corrected chi connectivity index (χ4v) is 3.19. The summed E-state index contributed by atoms with van der Waals surface area (Å²) in [7, 11) is 0. The molecule has 0 amide bonds. The van der Waals surface area contributed by atoms with E-state index in [0.717, 1.165) is 25.0 Å². The minimum absolute atomic E-state index is 0.112. The topological polar surface area (TPSA) is 21.3 Å². The lowest BCUT2D eigenvalue weighted by Crippen LogP contribution is -2.47. The zero-order valence-corrected chi connectivity index (χ0v) is 11.1. The first-order chi connectivity index (χ1) is 7.61. The maximum atomic E-state index is 5.83. The maximum absolute atomic E-state index is 5.83. The molecule has 0 radical (unpaired) electrons. The summed E-state index contributed by atoms with van der Waals surface area (Å²) in [6.45, 7) is 9.04. The summed E-state index contributed by atoms with van der Waals surface area (Å²) < 4.78 is 5.83. The number of ether oxygens (including phenoxy) is 1. The SMILES string of the molecule is CC1CCCC(NCC2(C)CCCO2)C1C. The lowest BCUT2D eigenvalue weighted by atomic mass is 9.78. The number of rotatable bonds is 3. The first kappa shape index (κ1) is 12.4. The molecular weight excluding hydrogens is 198 g/mol. The van der Waals surface area contributed by atoms with Gasteiger partial charge in [0.25, 0.3) is 0 Å². The molecule has 1 saturated heterocycles. The van der Waals surface area contributed by atoms with Crippen molar-refractivity contribution in [1.82, 2.24) is 5.32 Å². The van der Waals surface area contributed by atoms with Gasteiger partial charge in [-0.3, -0.25) is 0 Å². The van der Waals surface area contributed by atoms with Crippen molar-refractivity contribution in [3.63, 3.8) is 0 Å². The van der Waals surface area contributed by atoms with Gasteiger partial charge in [-0.25, -0.2) is 0 Å². The predicted octanol–water partition coefficient (Wildman–Crippen LogP) is 2.97. The van der Waals surface area contributed by atoms with Gasteiger partial charge < -0.3 is 10.1 Å². The Morgan fingerprint density at radius 2 is 2.06 bits per heavy atom. The van der Waals surface area contributed by atoms with Crippen molar-refractivity contribution in [3.05, 3.63) is 0 Å². The van der Waals surface area contributed by atoms with Crippen molar-refractivity contribution in [1.29, 1.82) is 0 Å². The Bertz CT molecular complexity index is 223. The Labute approximate surface area is 100 Å². The fraction of sp³-hybridized carbons (Fsp3) is 1.00. The molecule has 2 rings (SSSR count). The minimum atomic E-state index is 0.112. The van der Waals surface area contributed by atoms with Crippen LogP contribution >= 0.6 is 0 Å². The summed E-state index contributed by atoms with van der Waals surface area (Å²) in [4.78, 5) is 0. The Morgan fingerprint density at radius 1 is 1.25 bits per heavy atom. The molecule has 1 heterocycles. The third-order valence-corrected chi connectivity index (χ3v) is 4.75. The monoisotopic (exact) mass is 225 g/mol. The van der Waals surface area contributed by atoms with Crippen molar-refractivity contribution in [3.8, 4) is 0 Å². The van der Waals surface area contributed by atoms with Crippen LogP contribution in [0, 0.1) is 11.8 Å². The summed E-state index contributed by atoms with van der Waals surface area (Å²) in [5, 5.41) is 3.76. The van der Waals surface area contributed by atoms with E-state index in [1.165, 1.54) is 32.1 Å². The quantitative estimate of drug-likeness (QED) is 0.797. The summed E-state index contributed by atoms with van der Waals surface area (Å²) in [6, 6.07) is 0.713. The standard InChI is InChI=1S/C14H27NO/c1-11-6-4-7-13(12(11)2)15-10-14(3)8-5-9-16-14/h11-13,15H,4-10H2,1-3H3. The van der Waals surface area contributed by atoms with E-state index in [2.05, 4.69) is 26.1 Å². The average Bonchev–Trinajstić information content (AvgIpc) is 2.68. The van der Waals surface area contributed by atoms with Gasteiger partial charge in [0, 0.05) is 19.2 Å². The van der Waals surface area contributed by atoms with E-state index in [1.807, 2.05) is 0 Å². The molecule has 0 aromatic carbocycles. The van der Waals surface area contributed by atoms with E-state index in [-0.39, 0.29) is 5.60 Å². The lowest BCUT2D eigenvalue weighted by molar-refractivity contribution is 0.0147. The van der Waals surface area contributed by atoms with Crippen molar-refractivity contribution in [2.75, 3.05) is 13.2 Å². The van der Waals surface area contributed by atoms with Crippen molar-refractivity contribution in [2.45, 2.75) is 64.5 Å². The molecule has 4 atom stereocenters. The molecule has 2 aliphatic rings. The molecule has 2 fully saturated rings. The molecule has 0 aromatic heterocycles. The molecule has 0 aromatic rings. The van der Waals surface area contributed by atoms with E-state index in [9.17, 15) is 0 Å².